The van der Waals surface area contributed by atoms with Crippen LogP contribution in [0.1, 0.15) is 25.0 Å². The van der Waals surface area contributed by atoms with Crippen LogP contribution in [0.15, 0.2) is 24.3 Å². The van der Waals surface area contributed by atoms with Gasteiger partial charge < -0.3 is 4.74 Å². The Balaban J connectivity index is 2.63. The van der Waals surface area contributed by atoms with Gasteiger partial charge in [-0.3, -0.25) is 4.79 Å². The molecule has 0 atom stereocenters. The first-order valence-electron chi connectivity index (χ1n) is 5.14. The first-order valence-corrected chi connectivity index (χ1v) is 5.14. The monoisotopic (exact) mass is 206 g/mol. The molecule has 2 heteroatoms. The Hall–Kier alpha value is -1.31. The van der Waals surface area contributed by atoms with E-state index in [0.29, 0.717) is 13.1 Å². The van der Waals surface area contributed by atoms with Crippen molar-refractivity contribution in [2.75, 3.05) is 6.61 Å². The topological polar surface area (TPSA) is 26.3 Å². The predicted octanol–water partition coefficient (Wildman–Crippen LogP) is 2.74. The molecule has 0 bridgehead atoms. The Morgan fingerprint density at radius 2 is 2.13 bits per heavy atom. The number of hydrogen-bond donors (Lipinski definition) is 0. The van der Waals surface area contributed by atoms with E-state index in [2.05, 4.69) is 45.0 Å². The summed E-state index contributed by atoms with van der Waals surface area (Å²) in [5, 5.41) is 0. The molecule has 0 spiro atoms. The average molecular weight is 206 g/mol. The number of ether oxygens (including phenoxy) is 1. The van der Waals surface area contributed by atoms with E-state index in [-0.39, 0.29) is 5.41 Å². The lowest BCUT2D eigenvalue weighted by atomic mass is 9.86. The molecule has 0 aliphatic carbocycles. The van der Waals surface area contributed by atoms with E-state index in [4.69, 9.17) is 4.74 Å². The lowest BCUT2D eigenvalue weighted by Crippen LogP contribution is -2.21. The summed E-state index contributed by atoms with van der Waals surface area (Å²) in [6.45, 7) is 7.25. The van der Waals surface area contributed by atoms with Crippen LogP contribution < -0.4 is 0 Å². The third kappa shape index (κ3) is 4.15. The van der Waals surface area contributed by atoms with Crippen LogP contribution in [0.5, 0.6) is 0 Å². The highest BCUT2D eigenvalue weighted by Gasteiger charge is 2.19. The molecule has 0 heterocycles. The van der Waals surface area contributed by atoms with Crippen molar-refractivity contribution in [3.8, 4) is 0 Å². The minimum absolute atomic E-state index is 0.00525. The fourth-order valence-corrected chi connectivity index (χ4v) is 1.69. The van der Waals surface area contributed by atoms with Crippen molar-refractivity contribution in [2.24, 2.45) is 5.41 Å². The number of benzene rings is 1. The fraction of sp³-hybridized carbons (Fsp3) is 0.462. The largest absolute Gasteiger partial charge is 0.467 e. The van der Waals surface area contributed by atoms with Gasteiger partial charge in [0, 0.05) is 5.41 Å². The quantitative estimate of drug-likeness (QED) is 0.692. The minimum atomic E-state index is -0.00525. The summed E-state index contributed by atoms with van der Waals surface area (Å²) < 4.78 is 4.82. The zero-order valence-electron chi connectivity index (χ0n) is 9.62. The van der Waals surface area contributed by atoms with Crippen LogP contribution >= 0.6 is 0 Å². The normalized spacial score (nSPS) is 11.1. The Kier molecular flexibility index (Phi) is 3.89. The van der Waals surface area contributed by atoms with Gasteiger partial charge in [0.25, 0.3) is 6.47 Å². The van der Waals surface area contributed by atoms with Gasteiger partial charge in [-0.15, -0.1) is 0 Å². The molecule has 2 nitrogen and oxygen atoms in total. The number of hydrogen-bond acceptors (Lipinski definition) is 2. The van der Waals surface area contributed by atoms with Gasteiger partial charge in [0.1, 0.15) is 0 Å². The molecule has 0 aliphatic heterocycles. The lowest BCUT2D eigenvalue weighted by molar-refractivity contribution is -0.131. The SMILES string of the molecule is Cc1cccc(CC(C)(C)COC=O)c1. The van der Waals surface area contributed by atoms with Gasteiger partial charge in [-0.25, -0.2) is 0 Å². The standard InChI is InChI=1S/C13H18O2/c1-11-5-4-6-12(7-11)8-13(2,3)9-15-10-14/h4-7,10H,8-9H2,1-3H3. The van der Waals surface area contributed by atoms with E-state index >= 15 is 0 Å². The maximum atomic E-state index is 10.1. The van der Waals surface area contributed by atoms with E-state index in [9.17, 15) is 4.79 Å². The van der Waals surface area contributed by atoms with Crippen LogP contribution in [0.2, 0.25) is 0 Å². The van der Waals surface area contributed by atoms with Gasteiger partial charge in [-0.05, 0) is 18.9 Å². The van der Waals surface area contributed by atoms with Crippen LogP contribution in [0.4, 0.5) is 0 Å². The van der Waals surface area contributed by atoms with Crippen LogP contribution in [0.3, 0.4) is 0 Å². The minimum Gasteiger partial charge on any atom is -0.467 e. The zero-order valence-corrected chi connectivity index (χ0v) is 9.62. The number of carbonyl (C=O) groups is 1. The van der Waals surface area contributed by atoms with Crippen molar-refractivity contribution in [3.05, 3.63) is 35.4 Å². The van der Waals surface area contributed by atoms with E-state index in [1.165, 1.54) is 11.1 Å². The second kappa shape index (κ2) is 4.96. The van der Waals surface area contributed by atoms with Crippen molar-refractivity contribution in [2.45, 2.75) is 27.2 Å². The maximum absolute atomic E-state index is 10.1. The van der Waals surface area contributed by atoms with Crippen molar-refractivity contribution in [3.63, 3.8) is 0 Å². The summed E-state index contributed by atoms with van der Waals surface area (Å²) in [5.41, 5.74) is 2.54. The Bertz CT molecular complexity index is 329. The molecular weight excluding hydrogens is 188 g/mol. The van der Waals surface area contributed by atoms with Crippen LogP contribution in [0, 0.1) is 12.3 Å². The smallest absolute Gasteiger partial charge is 0.293 e. The Labute approximate surface area is 91.3 Å². The molecule has 1 aromatic carbocycles. The highest BCUT2D eigenvalue weighted by molar-refractivity contribution is 5.37. The van der Waals surface area contributed by atoms with Gasteiger partial charge in [-0.2, -0.15) is 0 Å². The maximum Gasteiger partial charge on any atom is 0.293 e. The van der Waals surface area contributed by atoms with Gasteiger partial charge in [-0.1, -0.05) is 43.7 Å². The van der Waals surface area contributed by atoms with Gasteiger partial charge in [0.15, 0.2) is 0 Å². The van der Waals surface area contributed by atoms with Gasteiger partial charge >= 0.3 is 0 Å². The molecule has 0 unspecified atom stereocenters. The van der Waals surface area contributed by atoms with Crippen LogP contribution in [-0.2, 0) is 16.0 Å². The Morgan fingerprint density at radius 3 is 2.73 bits per heavy atom. The van der Waals surface area contributed by atoms with Crippen molar-refractivity contribution < 1.29 is 9.53 Å². The molecular formula is C13H18O2. The van der Waals surface area contributed by atoms with Gasteiger partial charge in [0.2, 0.25) is 0 Å². The summed E-state index contributed by atoms with van der Waals surface area (Å²) in [6.07, 6.45) is 0.919. The molecule has 82 valence electrons. The average Bonchev–Trinajstić information content (AvgIpc) is 2.14. The molecule has 15 heavy (non-hydrogen) atoms. The number of aryl methyl sites for hydroxylation is 1. The van der Waals surface area contributed by atoms with Gasteiger partial charge in [0.05, 0.1) is 6.61 Å². The van der Waals surface area contributed by atoms with Crippen LogP contribution in [-0.4, -0.2) is 13.1 Å². The highest BCUT2D eigenvalue weighted by atomic mass is 16.5. The zero-order chi connectivity index (χ0) is 11.3. The summed E-state index contributed by atoms with van der Waals surface area (Å²) in [6, 6.07) is 8.41. The lowest BCUT2D eigenvalue weighted by Gasteiger charge is -2.23. The molecule has 0 aliphatic rings. The summed E-state index contributed by atoms with van der Waals surface area (Å²) in [4.78, 5) is 10.1. The number of carbonyl (C=O) groups excluding carboxylic acids is 1. The van der Waals surface area contributed by atoms with Crippen molar-refractivity contribution >= 4 is 6.47 Å². The molecule has 0 aromatic heterocycles. The molecule has 0 amide bonds. The molecule has 1 rings (SSSR count). The summed E-state index contributed by atoms with van der Waals surface area (Å²) in [5.74, 6) is 0. The Morgan fingerprint density at radius 1 is 1.40 bits per heavy atom. The van der Waals surface area contributed by atoms with Crippen molar-refractivity contribution in [1.29, 1.82) is 0 Å². The molecule has 0 N–H and O–H groups in total. The molecule has 0 fully saturated rings. The van der Waals surface area contributed by atoms with Crippen LogP contribution in [0.25, 0.3) is 0 Å². The van der Waals surface area contributed by atoms with E-state index in [1.54, 1.807) is 0 Å². The fourth-order valence-electron chi connectivity index (χ4n) is 1.69. The highest BCUT2D eigenvalue weighted by Crippen LogP contribution is 2.22. The molecule has 0 radical (unpaired) electrons. The first kappa shape index (κ1) is 11.8. The van der Waals surface area contributed by atoms with E-state index in [1.807, 2.05) is 0 Å². The second-order valence-corrected chi connectivity index (χ2v) is 4.74. The second-order valence-electron chi connectivity index (χ2n) is 4.74. The molecule has 0 saturated carbocycles. The summed E-state index contributed by atoms with van der Waals surface area (Å²) in [7, 11) is 0. The first-order chi connectivity index (χ1) is 7.03. The number of rotatable bonds is 5. The van der Waals surface area contributed by atoms with Crippen molar-refractivity contribution in [1.82, 2.24) is 0 Å². The molecule has 1 aromatic rings. The third-order valence-electron chi connectivity index (χ3n) is 2.31. The molecule has 0 saturated heterocycles. The van der Waals surface area contributed by atoms with E-state index in [0.717, 1.165) is 6.42 Å². The summed E-state index contributed by atoms with van der Waals surface area (Å²) >= 11 is 0. The third-order valence-corrected chi connectivity index (χ3v) is 2.31. The predicted molar refractivity (Wildman–Crippen MR) is 60.7 cm³/mol. The van der Waals surface area contributed by atoms with E-state index < -0.39 is 0 Å².